The lowest BCUT2D eigenvalue weighted by molar-refractivity contribution is 0.0368. The molecule has 1 N–H and O–H groups in total. The third-order valence-corrected chi connectivity index (χ3v) is 6.88. The van der Waals surface area contributed by atoms with Gasteiger partial charge in [0.25, 0.3) is 0 Å². The molecule has 3 fully saturated rings. The van der Waals surface area contributed by atoms with Crippen LogP contribution in [0.4, 0.5) is 0 Å². The summed E-state index contributed by atoms with van der Waals surface area (Å²) in [6.07, 6.45) is 10.00. The maximum atomic E-state index is 6.07. The number of pyridine rings is 1. The highest BCUT2D eigenvalue weighted by Crippen LogP contribution is 2.32. The molecule has 2 aromatic rings. The third-order valence-electron chi connectivity index (χ3n) is 6.88. The molecule has 7 nitrogen and oxygen atoms in total. The van der Waals surface area contributed by atoms with E-state index in [4.69, 9.17) is 9.26 Å². The van der Waals surface area contributed by atoms with E-state index < -0.39 is 0 Å². The molecular formula is C23H33N5O2. The number of ether oxygens (including phenoxy) is 1. The van der Waals surface area contributed by atoms with Crippen LogP contribution in [0.15, 0.2) is 35.2 Å². The van der Waals surface area contributed by atoms with E-state index in [-0.39, 0.29) is 6.04 Å². The second-order valence-electron chi connectivity index (χ2n) is 9.01. The van der Waals surface area contributed by atoms with Crippen molar-refractivity contribution in [3.05, 3.63) is 41.9 Å². The lowest BCUT2D eigenvalue weighted by Gasteiger charge is -2.46. The molecule has 7 heteroatoms. The fourth-order valence-corrected chi connectivity index (χ4v) is 5.27. The molecular weight excluding hydrogens is 378 g/mol. The minimum atomic E-state index is 0.272. The van der Waals surface area contributed by atoms with Gasteiger partial charge in [-0.3, -0.25) is 9.80 Å². The number of piperidine rings is 2. The van der Waals surface area contributed by atoms with E-state index in [0.29, 0.717) is 12.0 Å². The molecule has 0 bridgehead atoms. The standard InChI is InChI=1S/C23H33N5O2/c1-2-10-27(11-3-1)15-18-5-7-22(25-14-18)29-17-19-4-6-21-23(20-8-13-30-26-20)24-9-12-28(21)16-19/h5,7-8,13-14,19,21,23-24H,1-4,6,9-12,15-17H2. The Balaban J connectivity index is 1.10. The van der Waals surface area contributed by atoms with Crippen molar-refractivity contribution in [3.8, 4) is 5.88 Å². The van der Waals surface area contributed by atoms with Crippen molar-refractivity contribution in [3.63, 3.8) is 0 Å². The molecule has 3 aliphatic rings. The minimum absolute atomic E-state index is 0.272. The van der Waals surface area contributed by atoms with Gasteiger partial charge in [-0.05, 0) is 44.3 Å². The predicted molar refractivity (Wildman–Crippen MR) is 114 cm³/mol. The molecule has 0 aliphatic carbocycles. The van der Waals surface area contributed by atoms with Crippen LogP contribution >= 0.6 is 0 Å². The topological polar surface area (TPSA) is 66.7 Å². The second-order valence-corrected chi connectivity index (χ2v) is 9.01. The third kappa shape index (κ3) is 4.68. The van der Waals surface area contributed by atoms with Crippen molar-refractivity contribution in [1.29, 1.82) is 0 Å². The van der Waals surface area contributed by atoms with Gasteiger partial charge < -0.3 is 14.6 Å². The van der Waals surface area contributed by atoms with Crippen LogP contribution < -0.4 is 10.1 Å². The molecule has 3 atom stereocenters. The maximum absolute atomic E-state index is 6.07. The van der Waals surface area contributed by atoms with Gasteiger partial charge in [0, 0.05) is 56.5 Å². The Kier molecular flexibility index (Phi) is 6.29. The van der Waals surface area contributed by atoms with Gasteiger partial charge in [0.1, 0.15) is 12.0 Å². The molecule has 0 saturated carbocycles. The van der Waals surface area contributed by atoms with Gasteiger partial charge in [0.2, 0.25) is 5.88 Å². The van der Waals surface area contributed by atoms with Crippen molar-refractivity contribution < 1.29 is 9.26 Å². The van der Waals surface area contributed by atoms with Crippen LogP contribution in [0.25, 0.3) is 0 Å². The average molecular weight is 412 g/mol. The van der Waals surface area contributed by atoms with E-state index in [1.807, 2.05) is 18.3 Å². The quantitative estimate of drug-likeness (QED) is 0.784. The van der Waals surface area contributed by atoms with Crippen LogP contribution in [0.5, 0.6) is 5.88 Å². The summed E-state index contributed by atoms with van der Waals surface area (Å²) in [6, 6.07) is 6.96. The Bertz CT molecular complexity index is 775. The number of nitrogens with zero attached hydrogens (tertiary/aromatic N) is 4. The number of piperazine rings is 1. The molecule has 3 aliphatic heterocycles. The zero-order valence-electron chi connectivity index (χ0n) is 17.7. The molecule has 3 saturated heterocycles. The van der Waals surface area contributed by atoms with Crippen molar-refractivity contribution in [2.75, 3.05) is 39.3 Å². The summed E-state index contributed by atoms with van der Waals surface area (Å²) >= 11 is 0. The Labute approximate surface area is 178 Å². The number of aromatic nitrogens is 2. The Morgan fingerprint density at radius 1 is 1.10 bits per heavy atom. The summed E-state index contributed by atoms with van der Waals surface area (Å²) in [5.41, 5.74) is 2.30. The van der Waals surface area contributed by atoms with Gasteiger partial charge in [-0.1, -0.05) is 17.6 Å². The molecule has 2 aromatic heterocycles. The Hall–Kier alpha value is -1.96. The van der Waals surface area contributed by atoms with E-state index >= 15 is 0 Å². The number of fused-ring (bicyclic) bond motifs is 1. The first-order valence-corrected chi connectivity index (χ1v) is 11.5. The Morgan fingerprint density at radius 2 is 2.03 bits per heavy atom. The van der Waals surface area contributed by atoms with Crippen LogP contribution in [0, 0.1) is 5.92 Å². The van der Waals surface area contributed by atoms with Gasteiger partial charge in [0.15, 0.2) is 0 Å². The van der Waals surface area contributed by atoms with E-state index in [9.17, 15) is 0 Å². The zero-order chi connectivity index (χ0) is 20.2. The lowest BCUT2D eigenvalue weighted by Crippen LogP contribution is -2.57. The summed E-state index contributed by atoms with van der Waals surface area (Å²) < 4.78 is 11.1. The summed E-state index contributed by atoms with van der Waals surface area (Å²) in [7, 11) is 0. The largest absolute Gasteiger partial charge is 0.477 e. The molecule has 0 aromatic carbocycles. The van der Waals surface area contributed by atoms with Crippen LogP contribution in [0.1, 0.15) is 49.4 Å². The first-order chi connectivity index (χ1) is 14.8. The lowest BCUT2D eigenvalue weighted by atomic mass is 9.87. The normalized spacial score (nSPS) is 28.2. The van der Waals surface area contributed by atoms with Crippen molar-refractivity contribution >= 4 is 0 Å². The number of hydrogen-bond donors (Lipinski definition) is 1. The minimum Gasteiger partial charge on any atom is -0.477 e. The smallest absolute Gasteiger partial charge is 0.213 e. The number of rotatable bonds is 6. The molecule has 30 heavy (non-hydrogen) atoms. The Morgan fingerprint density at radius 3 is 2.83 bits per heavy atom. The molecule has 0 amide bonds. The predicted octanol–water partition coefficient (Wildman–Crippen LogP) is 2.86. The van der Waals surface area contributed by atoms with Crippen LogP contribution in [0.3, 0.4) is 0 Å². The van der Waals surface area contributed by atoms with E-state index in [0.717, 1.165) is 50.8 Å². The molecule has 162 valence electrons. The van der Waals surface area contributed by atoms with E-state index in [1.165, 1.54) is 44.3 Å². The molecule has 0 radical (unpaired) electrons. The SMILES string of the molecule is c1cc(C2NCCN3CC(COc4ccc(CN5CCCCC5)cn4)CCC23)no1. The van der Waals surface area contributed by atoms with E-state index in [1.54, 1.807) is 6.26 Å². The average Bonchev–Trinajstić information content (AvgIpc) is 3.33. The second kappa shape index (κ2) is 9.45. The maximum Gasteiger partial charge on any atom is 0.213 e. The highest BCUT2D eigenvalue weighted by molar-refractivity contribution is 5.18. The van der Waals surface area contributed by atoms with Crippen molar-refractivity contribution in [2.45, 2.75) is 50.7 Å². The fraction of sp³-hybridized carbons (Fsp3) is 0.652. The molecule has 5 heterocycles. The zero-order valence-corrected chi connectivity index (χ0v) is 17.7. The van der Waals surface area contributed by atoms with Crippen LogP contribution in [-0.2, 0) is 6.54 Å². The highest BCUT2D eigenvalue weighted by Gasteiger charge is 2.38. The molecule has 0 spiro atoms. The van der Waals surface area contributed by atoms with Crippen molar-refractivity contribution in [2.24, 2.45) is 5.92 Å². The van der Waals surface area contributed by atoms with Crippen LogP contribution in [0.2, 0.25) is 0 Å². The van der Waals surface area contributed by atoms with Gasteiger partial charge >= 0.3 is 0 Å². The molecule has 5 rings (SSSR count). The number of hydrogen-bond acceptors (Lipinski definition) is 7. The first-order valence-electron chi connectivity index (χ1n) is 11.5. The summed E-state index contributed by atoms with van der Waals surface area (Å²) in [4.78, 5) is 9.69. The van der Waals surface area contributed by atoms with Gasteiger partial charge in [-0.15, -0.1) is 0 Å². The molecule has 3 unspecified atom stereocenters. The number of nitrogens with one attached hydrogen (secondary N) is 1. The van der Waals surface area contributed by atoms with Crippen molar-refractivity contribution in [1.82, 2.24) is 25.3 Å². The number of likely N-dealkylation sites (tertiary alicyclic amines) is 1. The van der Waals surface area contributed by atoms with Crippen LogP contribution in [-0.4, -0.2) is 65.3 Å². The van der Waals surface area contributed by atoms with Gasteiger partial charge in [-0.2, -0.15) is 0 Å². The first kappa shape index (κ1) is 20.0. The van der Waals surface area contributed by atoms with Gasteiger partial charge in [0.05, 0.1) is 12.6 Å². The van der Waals surface area contributed by atoms with E-state index in [2.05, 4.69) is 31.3 Å². The van der Waals surface area contributed by atoms with Gasteiger partial charge in [-0.25, -0.2) is 4.98 Å². The highest BCUT2D eigenvalue weighted by atomic mass is 16.5. The summed E-state index contributed by atoms with van der Waals surface area (Å²) in [6.45, 7) is 7.32. The summed E-state index contributed by atoms with van der Waals surface area (Å²) in [5.74, 6) is 1.30. The summed E-state index contributed by atoms with van der Waals surface area (Å²) in [5, 5.41) is 7.79. The fourth-order valence-electron chi connectivity index (χ4n) is 5.27. The monoisotopic (exact) mass is 411 g/mol.